The van der Waals surface area contributed by atoms with Crippen LogP contribution in [0.5, 0.6) is 0 Å². The van der Waals surface area contributed by atoms with E-state index in [0.29, 0.717) is 19.4 Å². The van der Waals surface area contributed by atoms with Crippen LogP contribution in [0.4, 0.5) is 5.69 Å². The van der Waals surface area contributed by atoms with Gasteiger partial charge in [-0.3, -0.25) is 9.48 Å². The van der Waals surface area contributed by atoms with Gasteiger partial charge in [-0.15, -0.1) is 0 Å². The Labute approximate surface area is 114 Å². The molecule has 0 aromatic carbocycles. The molecule has 0 fully saturated rings. The van der Waals surface area contributed by atoms with E-state index in [0.717, 1.165) is 31.9 Å². The molecule has 19 heavy (non-hydrogen) atoms. The van der Waals surface area contributed by atoms with Gasteiger partial charge in [0, 0.05) is 19.2 Å². The highest BCUT2D eigenvalue weighted by molar-refractivity contribution is 5.90. The number of hydrogen-bond donors (Lipinski definition) is 2. The molecule has 0 saturated carbocycles. The van der Waals surface area contributed by atoms with Gasteiger partial charge in [-0.1, -0.05) is 13.8 Å². The van der Waals surface area contributed by atoms with Gasteiger partial charge in [0.2, 0.25) is 5.91 Å². The first kappa shape index (κ1) is 15.7. The van der Waals surface area contributed by atoms with E-state index in [4.69, 9.17) is 5.73 Å². The summed E-state index contributed by atoms with van der Waals surface area (Å²) in [6.07, 6.45) is 4.72. The van der Waals surface area contributed by atoms with Crippen LogP contribution in [0.1, 0.15) is 26.7 Å². The number of nitrogens with one attached hydrogen (secondary N) is 1. The number of aromatic nitrogens is 2. The fraction of sp³-hybridized carbons (Fsp3) is 0.692. The van der Waals surface area contributed by atoms with E-state index in [2.05, 4.69) is 29.2 Å². The Morgan fingerprint density at radius 1 is 1.47 bits per heavy atom. The summed E-state index contributed by atoms with van der Waals surface area (Å²) in [5.74, 6) is -0.00579. The second-order valence-corrected chi connectivity index (χ2v) is 4.46. The van der Waals surface area contributed by atoms with Gasteiger partial charge < -0.3 is 16.0 Å². The molecule has 0 aliphatic carbocycles. The summed E-state index contributed by atoms with van der Waals surface area (Å²) in [7, 11) is 0. The summed E-state index contributed by atoms with van der Waals surface area (Å²) < 4.78 is 1.86. The monoisotopic (exact) mass is 267 g/mol. The molecule has 0 aliphatic rings. The number of nitrogens with two attached hydrogens (primary N) is 1. The van der Waals surface area contributed by atoms with Crippen LogP contribution in [-0.4, -0.2) is 46.8 Å². The molecule has 1 aromatic heterocycles. The summed E-state index contributed by atoms with van der Waals surface area (Å²) in [4.78, 5) is 13.9. The number of carbonyl (C=O) groups is 1. The first-order valence-corrected chi connectivity index (χ1v) is 6.94. The van der Waals surface area contributed by atoms with Crippen LogP contribution in [0.15, 0.2) is 12.4 Å². The van der Waals surface area contributed by atoms with Crippen LogP contribution >= 0.6 is 0 Å². The zero-order valence-corrected chi connectivity index (χ0v) is 11.9. The van der Waals surface area contributed by atoms with E-state index >= 15 is 0 Å². The first-order chi connectivity index (χ1) is 9.19. The molecule has 0 radical (unpaired) electrons. The number of amides is 1. The number of carbonyl (C=O) groups excluding carboxylic acids is 1. The van der Waals surface area contributed by atoms with Crippen LogP contribution in [0.2, 0.25) is 0 Å². The van der Waals surface area contributed by atoms with Gasteiger partial charge in [0.25, 0.3) is 0 Å². The number of hydrogen-bond acceptors (Lipinski definition) is 4. The Balaban J connectivity index is 2.37. The fourth-order valence-corrected chi connectivity index (χ4v) is 1.82. The lowest BCUT2D eigenvalue weighted by atomic mass is 10.3. The molecule has 0 unspecified atom stereocenters. The predicted molar refractivity (Wildman–Crippen MR) is 76.9 cm³/mol. The van der Waals surface area contributed by atoms with E-state index in [-0.39, 0.29) is 5.91 Å². The Morgan fingerprint density at radius 2 is 2.21 bits per heavy atom. The van der Waals surface area contributed by atoms with E-state index in [9.17, 15) is 4.79 Å². The van der Waals surface area contributed by atoms with E-state index in [1.807, 2.05) is 10.9 Å². The lowest BCUT2D eigenvalue weighted by Crippen LogP contribution is -2.27. The lowest BCUT2D eigenvalue weighted by Gasteiger charge is -2.17. The molecular formula is C13H25N5O. The lowest BCUT2D eigenvalue weighted by molar-refractivity contribution is -0.116. The minimum absolute atomic E-state index is 0.00579. The summed E-state index contributed by atoms with van der Waals surface area (Å²) in [6, 6.07) is 0. The largest absolute Gasteiger partial charge is 0.330 e. The normalized spacial score (nSPS) is 10.9. The van der Waals surface area contributed by atoms with Crippen molar-refractivity contribution in [2.75, 3.05) is 31.5 Å². The topological polar surface area (TPSA) is 76.2 Å². The standard InChI is InChI=1S/C13H25N5O/c1-3-17(4-2)8-9-18-11-12(10-15-18)16-13(19)6-5-7-14/h10-11H,3-9,14H2,1-2H3,(H,16,19). The molecule has 0 atom stereocenters. The maximum atomic E-state index is 11.5. The highest BCUT2D eigenvalue weighted by atomic mass is 16.1. The molecule has 1 amide bonds. The highest BCUT2D eigenvalue weighted by Crippen LogP contribution is 2.06. The average Bonchev–Trinajstić information content (AvgIpc) is 2.85. The number of rotatable bonds is 9. The third-order valence-corrected chi connectivity index (χ3v) is 3.06. The fourth-order valence-electron chi connectivity index (χ4n) is 1.82. The van der Waals surface area contributed by atoms with Gasteiger partial charge in [0.05, 0.1) is 18.4 Å². The Morgan fingerprint density at radius 3 is 2.84 bits per heavy atom. The van der Waals surface area contributed by atoms with Crippen LogP contribution in [0.3, 0.4) is 0 Å². The smallest absolute Gasteiger partial charge is 0.224 e. The van der Waals surface area contributed by atoms with Gasteiger partial charge in [0.15, 0.2) is 0 Å². The summed E-state index contributed by atoms with van der Waals surface area (Å²) in [6.45, 7) is 8.72. The molecule has 0 saturated heterocycles. The maximum absolute atomic E-state index is 11.5. The Hall–Kier alpha value is -1.40. The summed E-state index contributed by atoms with van der Waals surface area (Å²) >= 11 is 0. The number of anilines is 1. The predicted octanol–water partition coefficient (Wildman–Crippen LogP) is 0.902. The molecule has 108 valence electrons. The first-order valence-electron chi connectivity index (χ1n) is 6.94. The molecule has 0 spiro atoms. The molecular weight excluding hydrogens is 242 g/mol. The van der Waals surface area contributed by atoms with Crippen molar-refractivity contribution < 1.29 is 4.79 Å². The summed E-state index contributed by atoms with van der Waals surface area (Å²) in [5, 5.41) is 7.06. The average molecular weight is 267 g/mol. The van der Waals surface area contributed by atoms with Crippen molar-refractivity contribution in [3.05, 3.63) is 12.4 Å². The zero-order valence-electron chi connectivity index (χ0n) is 11.9. The molecule has 0 bridgehead atoms. The van der Waals surface area contributed by atoms with Crippen LogP contribution < -0.4 is 11.1 Å². The van der Waals surface area contributed by atoms with Crippen molar-refractivity contribution in [3.63, 3.8) is 0 Å². The second kappa shape index (κ2) is 8.66. The van der Waals surface area contributed by atoms with E-state index in [1.54, 1.807) is 6.20 Å². The van der Waals surface area contributed by atoms with Crippen LogP contribution in [-0.2, 0) is 11.3 Å². The van der Waals surface area contributed by atoms with Crippen LogP contribution in [0, 0.1) is 0 Å². The minimum Gasteiger partial charge on any atom is -0.330 e. The second-order valence-electron chi connectivity index (χ2n) is 4.46. The third kappa shape index (κ3) is 5.85. The van der Waals surface area contributed by atoms with E-state index in [1.165, 1.54) is 0 Å². The minimum atomic E-state index is -0.00579. The Bertz CT molecular complexity index is 373. The molecule has 6 heteroatoms. The van der Waals surface area contributed by atoms with Gasteiger partial charge in [-0.2, -0.15) is 5.10 Å². The number of likely N-dealkylation sites (N-methyl/N-ethyl adjacent to an activating group) is 1. The van der Waals surface area contributed by atoms with Crippen molar-refractivity contribution in [2.45, 2.75) is 33.2 Å². The Kier molecular flexibility index (Phi) is 7.14. The molecule has 1 aromatic rings. The van der Waals surface area contributed by atoms with Gasteiger partial charge in [-0.05, 0) is 26.1 Å². The van der Waals surface area contributed by atoms with Crippen molar-refractivity contribution in [1.82, 2.24) is 14.7 Å². The van der Waals surface area contributed by atoms with Crippen molar-refractivity contribution in [3.8, 4) is 0 Å². The molecule has 3 N–H and O–H groups in total. The van der Waals surface area contributed by atoms with Crippen molar-refractivity contribution in [1.29, 1.82) is 0 Å². The molecule has 0 aliphatic heterocycles. The molecule has 6 nitrogen and oxygen atoms in total. The SMILES string of the molecule is CCN(CC)CCn1cc(NC(=O)CCCN)cn1. The maximum Gasteiger partial charge on any atom is 0.224 e. The highest BCUT2D eigenvalue weighted by Gasteiger charge is 2.05. The van der Waals surface area contributed by atoms with Crippen LogP contribution in [0.25, 0.3) is 0 Å². The van der Waals surface area contributed by atoms with Gasteiger partial charge >= 0.3 is 0 Å². The molecule has 1 heterocycles. The third-order valence-electron chi connectivity index (χ3n) is 3.06. The summed E-state index contributed by atoms with van der Waals surface area (Å²) in [5.41, 5.74) is 6.12. The quantitative estimate of drug-likeness (QED) is 0.697. The number of nitrogens with zero attached hydrogens (tertiary/aromatic N) is 3. The molecule has 1 rings (SSSR count). The van der Waals surface area contributed by atoms with Crippen molar-refractivity contribution >= 4 is 11.6 Å². The van der Waals surface area contributed by atoms with E-state index < -0.39 is 0 Å². The van der Waals surface area contributed by atoms with Gasteiger partial charge in [0.1, 0.15) is 0 Å². The zero-order chi connectivity index (χ0) is 14.1. The van der Waals surface area contributed by atoms with Gasteiger partial charge in [-0.25, -0.2) is 0 Å². The van der Waals surface area contributed by atoms with Crippen molar-refractivity contribution in [2.24, 2.45) is 5.73 Å².